The van der Waals surface area contributed by atoms with Crippen LogP contribution in [0.15, 0.2) is 28.8 Å². The molecule has 0 spiro atoms. The maximum absolute atomic E-state index is 8.76. The zero-order chi connectivity index (χ0) is 13.8. The van der Waals surface area contributed by atoms with Crippen LogP contribution in [0.5, 0.6) is 0 Å². The molecule has 0 bridgehead atoms. The molecule has 1 unspecified atom stereocenters. The van der Waals surface area contributed by atoms with Gasteiger partial charge in [0.25, 0.3) is 0 Å². The molecule has 5 nitrogen and oxygen atoms in total. The zero-order valence-corrected chi connectivity index (χ0v) is 11.1. The van der Waals surface area contributed by atoms with E-state index in [0.717, 1.165) is 37.4 Å². The number of benzene rings is 1. The standard InChI is InChI=1S/C15H15N3O2/c16-9-12-3-1-11(2-4-12)8-15-17-14(18-20-15)7-13-5-6-19-10-13/h1-4,13H,5-8,10H2. The van der Waals surface area contributed by atoms with Gasteiger partial charge in [0.1, 0.15) is 0 Å². The predicted octanol–water partition coefficient (Wildman–Crippen LogP) is 2.11. The van der Waals surface area contributed by atoms with Crippen LogP contribution in [0.4, 0.5) is 0 Å². The molecule has 102 valence electrons. The van der Waals surface area contributed by atoms with Crippen molar-refractivity contribution in [1.82, 2.24) is 10.1 Å². The lowest BCUT2D eigenvalue weighted by Gasteiger charge is -2.01. The number of nitrogens with zero attached hydrogens (tertiary/aromatic N) is 3. The molecule has 1 saturated heterocycles. The van der Waals surface area contributed by atoms with Crippen molar-refractivity contribution in [2.45, 2.75) is 19.3 Å². The van der Waals surface area contributed by atoms with E-state index in [-0.39, 0.29) is 0 Å². The summed E-state index contributed by atoms with van der Waals surface area (Å²) < 4.78 is 10.6. The van der Waals surface area contributed by atoms with Crippen molar-refractivity contribution >= 4 is 0 Å². The largest absolute Gasteiger partial charge is 0.381 e. The highest BCUT2D eigenvalue weighted by atomic mass is 16.5. The van der Waals surface area contributed by atoms with E-state index in [1.165, 1.54) is 0 Å². The van der Waals surface area contributed by atoms with Crippen LogP contribution < -0.4 is 0 Å². The number of aromatic nitrogens is 2. The van der Waals surface area contributed by atoms with Crippen LogP contribution in [-0.4, -0.2) is 23.4 Å². The second-order valence-corrected chi connectivity index (χ2v) is 5.02. The topological polar surface area (TPSA) is 71.9 Å². The van der Waals surface area contributed by atoms with Gasteiger partial charge in [0.15, 0.2) is 5.82 Å². The molecule has 1 fully saturated rings. The lowest BCUT2D eigenvalue weighted by molar-refractivity contribution is 0.185. The van der Waals surface area contributed by atoms with Gasteiger partial charge < -0.3 is 9.26 Å². The zero-order valence-electron chi connectivity index (χ0n) is 11.1. The first-order valence-corrected chi connectivity index (χ1v) is 6.72. The van der Waals surface area contributed by atoms with Gasteiger partial charge >= 0.3 is 0 Å². The van der Waals surface area contributed by atoms with Gasteiger partial charge in [-0.2, -0.15) is 10.2 Å². The van der Waals surface area contributed by atoms with Crippen molar-refractivity contribution in [3.8, 4) is 6.07 Å². The normalized spacial score (nSPS) is 18.1. The van der Waals surface area contributed by atoms with Gasteiger partial charge in [0.05, 0.1) is 18.1 Å². The molecule has 5 heteroatoms. The smallest absolute Gasteiger partial charge is 0.231 e. The lowest BCUT2D eigenvalue weighted by Crippen LogP contribution is -2.05. The Bertz CT molecular complexity index is 607. The Kier molecular flexibility index (Phi) is 3.75. The van der Waals surface area contributed by atoms with Crippen LogP contribution in [0, 0.1) is 17.2 Å². The number of rotatable bonds is 4. The van der Waals surface area contributed by atoms with Crippen molar-refractivity contribution in [2.75, 3.05) is 13.2 Å². The summed E-state index contributed by atoms with van der Waals surface area (Å²) in [7, 11) is 0. The van der Waals surface area contributed by atoms with E-state index in [9.17, 15) is 0 Å². The van der Waals surface area contributed by atoms with E-state index in [1.807, 2.05) is 12.1 Å². The monoisotopic (exact) mass is 269 g/mol. The van der Waals surface area contributed by atoms with Crippen molar-refractivity contribution in [2.24, 2.45) is 5.92 Å². The maximum Gasteiger partial charge on any atom is 0.231 e. The Balaban J connectivity index is 1.62. The molecule has 2 aromatic rings. The van der Waals surface area contributed by atoms with Crippen LogP contribution in [-0.2, 0) is 17.6 Å². The molecule has 0 N–H and O–H groups in total. The molecule has 0 aliphatic carbocycles. The summed E-state index contributed by atoms with van der Waals surface area (Å²) in [5.41, 5.74) is 1.71. The van der Waals surface area contributed by atoms with E-state index < -0.39 is 0 Å². The molecule has 20 heavy (non-hydrogen) atoms. The number of ether oxygens (including phenoxy) is 1. The van der Waals surface area contributed by atoms with E-state index in [4.69, 9.17) is 14.5 Å². The Labute approximate surface area is 117 Å². The summed E-state index contributed by atoms with van der Waals surface area (Å²) in [6.45, 7) is 1.63. The highest BCUT2D eigenvalue weighted by Gasteiger charge is 2.19. The lowest BCUT2D eigenvalue weighted by atomic mass is 10.1. The molecule has 2 heterocycles. The molecule has 1 atom stereocenters. The van der Waals surface area contributed by atoms with Crippen LogP contribution in [0.25, 0.3) is 0 Å². The molecule has 0 radical (unpaired) electrons. The van der Waals surface area contributed by atoms with Gasteiger partial charge in [0.2, 0.25) is 5.89 Å². The molecule has 1 aromatic carbocycles. The molecule has 3 rings (SSSR count). The molecule has 1 aliphatic rings. The summed E-state index contributed by atoms with van der Waals surface area (Å²) >= 11 is 0. The fourth-order valence-electron chi connectivity index (χ4n) is 2.32. The average molecular weight is 269 g/mol. The van der Waals surface area contributed by atoms with E-state index in [1.54, 1.807) is 12.1 Å². The van der Waals surface area contributed by atoms with Gasteiger partial charge in [-0.25, -0.2) is 0 Å². The molecular weight excluding hydrogens is 254 g/mol. The van der Waals surface area contributed by atoms with E-state index in [0.29, 0.717) is 23.8 Å². The molecule has 0 saturated carbocycles. The minimum atomic E-state index is 0.510. The third-order valence-corrected chi connectivity index (χ3v) is 3.44. The molecule has 1 aromatic heterocycles. The molecule has 0 amide bonds. The highest BCUT2D eigenvalue weighted by molar-refractivity contribution is 5.32. The van der Waals surface area contributed by atoms with Crippen molar-refractivity contribution in [3.63, 3.8) is 0 Å². The Morgan fingerprint density at radius 3 is 2.85 bits per heavy atom. The summed E-state index contributed by atoms with van der Waals surface area (Å²) in [4.78, 5) is 4.41. The maximum atomic E-state index is 8.76. The first-order chi connectivity index (χ1) is 9.83. The van der Waals surface area contributed by atoms with Gasteiger partial charge in [-0.3, -0.25) is 0 Å². The van der Waals surface area contributed by atoms with Crippen molar-refractivity contribution in [3.05, 3.63) is 47.1 Å². The van der Waals surface area contributed by atoms with Gasteiger partial charge in [-0.05, 0) is 30.0 Å². The molecule has 1 aliphatic heterocycles. The van der Waals surface area contributed by atoms with Crippen LogP contribution in [0.1, 0.15) is 29.3 Å². The van der Waals surface area contributed by atoms with E-state index >= 15 is 0 Å². The average Bonchev–Trinajstić information content (AvgIpc) is 3.12. The Hall–Kier alpha value is -2.19. The fourth-order valence-corrected chi connectivity index (χ4v) is 2.32. The fraction of sp³-hybridized carbons (Fsp3) is 0.400. The number of hydrogen-bond acceptors (Lipinski definition) is 5. The third-order valence-electron chi connectivity index (χ3n) is 3.44. The van der Waals surface area contributed by atoms with Gasteiger partial charge in [-0.15, -0.1) is 0 Å². The van der Waals surface area contributed by atoms with Crippen molar-refractivity contribution in [1.29, 1.82) is 5.26 Å². The second kappa shape index (κ2) is 5.85. The summed E-state index contributed by atoms with van der Waals surface area (Å²) in [5, 5.41) is 12.8. The third kappa shape index (κ3) is 3.03. The van der Waals surface area contributed by atoms with Crippen LogP contribution in [0.2, 0.25) is 0 Å². The SMILES string of the molecule is N#Cc1ccc(Cc2nc(CC3CCOC3)no2)cc1. The van der Waals surface area contributed by atoms with E-state index in [2.05, 4.69) is 16.2 Å². The Morgan fingerprint density at radius 1 is 1.30 bits per heavy atom. The Morgan fingerprint density at radius 2 is 2.15 bits per heavy atom. The molecular formula is C15H15N3O2. The van der Waals surface area contributed by atoms with Gasteiger partial charge in [0, 0.05) is 19.6 Å². The van der Waals surface area contributed by atoms with Gasteiger partial charge in [-0.1, -0.05) is 17.3 Å². The number of hydrogen-bond donors (Lipinski definition) is 0. The first kappa shape index (κ1) is 12.8. The summed E-state index contributed by atoms with van der Waals surface area (Å²) in [6, 6.07) is 9.51. The quantitative estimate of drug-likeness (QED) is 0.850. The van der Waals surface area contributed by atoms with Crippen molar-refractivity contribution < 1.29 is 9.26 Å². The van der Waals surface area contributed by atoms with Crippen LogP contribution in [0.3, 0.4) is 0 Å². The summed E-state index contributed by atoms with van der Waals surface area (Å²) in [5.74, 6) is 1.88. The first-order valence-electron chi connectivity index (χ1n) is 6.72. The number of nitriles is 1. The second-order valence-electron chi connectivity index (χ2n) is 5.02. The minimum Gasteiger partial charge on any atom is -0.381 e. The summed E-state index contributed by atoms with van der Waals surface area (Å²) in [6.07, 6.45) is 2.48. The van der Waals surface area contributed by atoms with Crippen LogP contribution >= 0.6 is 0 Å². The minimum absolute atomic E-state index is 0.510. The predicted molar refractivity (Wildman–Crippen MR) is 70.9 cm³/mol. The highest BCUT2D eigenvalue weighted by Crippen LogP contribution is 2.17.